The van der Waals surface area contributed by atoms with E-state index < -0.39 is 0 Å². The van der Waals surface area contributed by atoms with Gasteiger partial charge in [0.15, 0.2) is 5.16 Å². The van der Waals surface area contributed by atoms with Crippen LogP contribution in [0.5, 0.6) is 0 Å². The molecule has 0 spiro atoms. The smallest absolute Gasteiger partial charge is 0.262 e. The highest BCUT2D eigenvalue weighted by Gasteiger charge is 2.13. The van der Waals surface area contributed by atoms with Crippen LogP contribution >= 0.6 is 11.8 Å². The molecule has 158 valence electrons. The van der Waals surface area contributed by atoms with Gasteiger partial charge in [0.1, 0.15) is 5.65 Å². The molecule has 32 heavy (non-hydrogen) atoms. The van der Waals surface area contributed by atoms with Gasteiger partial charge >= 0.3 is 0 Å². The number of nitrogens with zero attached hydrogens (tertiary/aromatic N) is 5. The summed E-state index contributed by atoms with van der Waals surface area (Å²) in [7, 11) is 0. The fourth-order valence-electron chi connectivity index (χ4n) is 3.65. The molecular weight excluding hydrogens is 422 g/mol. The van der Waals surface area contributed by atoms with Crippen molar-refractivity contribution in [2.45, 2.75) is 24.4 Å². The topological polar surface area (TPSA) is 82.2 Å². The highest BCUT2D eigenvalue weighted by atomic mass is 32.2. The zero-order valence-electron chi connectivity index (χ0n) is 17.3. The third-order valence-electron chi connectivity index (χ3n) is 5.17. The number of benzene rings is 1. The Hall–Kier alpha value is -3.78. The van der Waals surface area contributed by atoms with Crippen molar-refractivity contribution in [1.29, 1.82) is 0 Å². The first-order chi connectivity index (χ1) is 15.6. The summed E-state index contributed by atoms with van der Waals surface area (Å²) in [5.74, 6) is 0.414. The van der Waals surface area contributed by atoms with Gasteiger partial charge in [0.25, 0.3) is 11.1 Å². The molecule has 5 aromatic rings. The lowest BCUT2D eigenvalue weighted by atomic mass is 10.2. The van der Waals surface area contributed by atoms with E-state index in [4.69, 9.17) is 4.98 Å². The first kappa shape index (κ1) is 20.1. The second-order valence-electron chi connectivity index (χ2n) is 7.40. The van der Waals surface area contributed by atoms with Crippen LogP contribution in [0.25, 0.3) is 16.6 Å². The molecular formula is C24H19N5O2S. The molecule has 1 aromatic carbocycles. The SMILES string of the molecule is Cc1cccc2nc(CSc3nc4ccccc4c(=O)n3Cc3cccnc3)cc(=O)n12. The van der Waals surface area contributed by atoms with E-state index in [1.54, 1.807) is 27.4 Å². The van der Waals surface area contributed by atoms with Gasteiger partial charge in [-0.25, -0.2) is 9.97 Å². The molecule has 0 saturated heterocycles. The maximum Gasteiger partial charge on any atom is 0.262 e. The molecule has 4 heterocycles. The number of hydrogen-bond acceptors (Lipinski definition) is 6. The molecule has 0 fully saturated rings. The number of thioether (sulfide) groups is 1. The Morgan fingerprint density at radius 3 is 2.69 bits per heavy atom. The zero-order valence-corrected chi connectivity index (χ0v) is 18.1. The Labute approximate surface area is 187 Å². The normalized spacial score (nSPS) is 11.3. The maximum atomic E-state index is 13.3. The second kappa shape index (κ2) is 8.39. The summed E-state index contributed by atoms with van der Waals surface area (Å²) in [6, 6.07) is 18.2. The summed E-state index contributed by atoms with van der Waals surface area (Å²) in [6.45, 7) is 2.24. The van der Waals surface area contributed by atoms with Gasteiger partial charge in [0.05, 0.1) is 23.1 Å². The maximum absolute atomic E-state index is 13.3. The number of hydrogen-bond donors (Lipinski definition) is 0. The van der Waals surface area contributed by atoms with Gasteiger partial charge in [0, 0.05) is 29.9 Å². The fourth-order valence-corrected chi connectivity index (χ4v) is 4.54. The summed E-state index contributed by atoms with van der Waals surface area (Å²) < 4.78 is 3.24. The highest BCUT2D eigenvalue weighted by Crippen LogP contribution is 2.22. The van der Waals surface area contributed by atoms with Crippen molar-refractivity contribution in [3.8, 4) is 0 Å². The third-order valence-corrected chi connectivity index (χ3v) is 6.18. The van der Waals surface area contributed by atoms with E-state index in [9.17, 15) is 9.59 Å². The monoisotopic (exact) mass is 441 g/mol. The molecule has 0 unspecified atom stereocenters. The van der Waals surface area contributed by atoms with Gasteiger partial charge in [-0.15, -0.1) is 0 Å². The first-order valence-corrected chi connectivity index (χ1v) is 11.1. The number of aromatic nitrogens is 5. The van der Waals surface area contributed by atoms with Crippen molar-refractivity contribution in [1.82, 2.24) is 23.9 Å². The van der Waals surface area contributed by atoms with Crippen molar-refractivity contribution in [2.75, 3.05) is 0 Å². The van der Waals surface area contributed by atoms with Crippen LogP contribution in [0.3, 0.4) is 0 Å². The Morgan fingerprint density at radius 2 is 1.84 bits per heavy atom. The average molecular weight is 442 g/mol. The van der Waals surface area contributed by atoms with Gasteiger partial charge in [-0.2, -0.15) is 0 Å². The third kappa shape index (κ3) is 3.80. The van der Waals surface area contributed by atoms with Crippen molar-refractivity contribution in [3.63, 3.8) is 0 Å². The van der Waals surface area contributed by atoms with E-state index >= 15 is 0 Å². The van der Waals surface area contributed by atoms with Gasteiger partial charge in [0.2, 0.25) is 0 Å². The van der Waals surface area contributed by atoms with Crippen LogP contribution < -0.4 is 11.1 Å². The molecule has 0 N–H and O–H groups in total. The number of aryl methyl sites for hydroxylation is 1. The molecule has 0 saturated carbocycles. The van der Waals surface area contributed by atoms with E-state index in [1.807, 2.05) is 55.5 Å². The Bertz CT molecular complexity index is 1560. The molecule has 0 aliphatic rings. The summed E-state index contributed by atoms with van der Waals surface area (Å²) in [4.78, 5) is 39.4. The van der Waals surface area contributed by atoms with Crippen molar-refractivity contribution in [3.05, 3.63) is 111 Å². The molecule has 8 heteroatoms. The summed E-state index contributed by atoms with van der Waals surface area (Å²) in [5, 5.41) is 1.14. The first-order valence-electron chi connectivity index (χ1n) is 10.1. The highest BCUT2D eigenvalue weighted by molar-refractivity contribution is 7.98. The minimum atomic E-state index is -0.122. The van der Waals surface area contributed by atoms with E-state index in [0.717, 1.165) is 11.3 Å². The van der Waals surface area contributed by atoms with Crippen molar-refractivity contribution >= 4 is 28.3 Å². The van der Waals surface area contributed by atoms with Crippen LogP contribution in [0.1, 0.15) is 17.0 Å². The minimum Gasteiger partial charge on any atom is -0.283 e. The lowest BCUT2D eigenvalue weighted by Gasteiger charge is -2.13. The Kier molecular flexibility index (Phi) is 5.28. The molecule has 0 radical (unpaired) electrons. The summed E-state index contributed by atoms with van der Waals surface area (Å²) in [6.07, 6.45) is 3.44. The molecule has 4 aromatic heterocycles. The van der Waals surface area contributed by atoms with Gasteiger partial charge < -0.3 is 0 Å². The standard InChI is InChI=1S/C24H19N5O2S/c1-16-6-4-10-21-26-18(12-22(30)29(16)21)15-32-24-27-20-9-3-2-8-19(20)23(31)28(24)14-17-7-5-11-25-13-17/h2-13H,14-15H2,1H3. The van der Waals surface area contributed by atoms with Crippen LogP contribution in [-0.2, 0) is 12.3 Å². The van der Waals surface area contributed by atoms with Gasteiger partial charge in [-0.1, -0.05) is 36.0 Å². The molecule has 0 aliphatic carbocycles. The molecule has 0 amide bonds. The Balaban J connectivity index is 1.55. The quantitative estimate of drug-likeness (QED) is 0.307. The molecule has 7 nitrogen and oxygen atoms in total. The van der Waals surface area contributed by atoms with Crippen molar-refractivity contribution in [2.24, 2.45) is 0 Å². The predicted molar refractivity (Wildman–Crippen MR) is 125 cm³/mol. The van der Waals surface area contributed by atoms with E-state index in [-0.39, 0.29) is 11.1 Å². The fraction of sp³-hybridized carbons (Fsp3) is 0.125. The molecule has 0 atom stereocenters. The lowest BCUT2D eigenvalue weighted by Crippen LogP contribution is -2.24. The Morgan fingerprint density at radius 1 is 0.969 bits per heavy atom. The summed E-state index contributed by atoms with van der Waals surface area (Å²) >= 11 is 1.39. The van der Waals surface area contributed by atoms with Crippen LogP contribution in [-0.4, -0.2) is 23.9 Å². The molecule has 5 rings (SSSR count). The minimum absolute atomic E-state index is 0.107. The van der Waals surface area contributed by atoms with Crippen LogP contribution in [0.4, 0.5) is 0 Å². The number of pyridine rings is 2. The number of para-hydroxylation sites is 1. The van der Waals surface area contributed by atoms with Crippen LogP contribution in [0.15, 0.2) is 87.8 Å². The number of rotatable bonds is 5. The largest absolute Gasteiger partial charge is 0.283 e. The zero-order chi connectivity index (χ0) is 22.1. The van der Waals surface area contributed by atoms with Crippen LogP contribution in [0, 0.1) is 6.92 Å². The summed E-state index contributed by atoms with van der Waals surface area (Å²) in [5.41, 5.74) is 3.40. The van der Waals surface area contributed by atoms with E-state index in [2.05, 4.69) is 9.97 Å². The van der Waals surface area contributed by atoms with E-state index in [1.165, 1.54) is 17.8 Å². The second-order valence-corrected chi connectivity index (χ2v) is 8.34. The van der Waals surface area contributed by atoms with Gasteiger partial charge in [-0.3, -0.25) is 23.5 Å². The van der Waals surface area contributed by atoms with Crippen LogP contribution in [0.2, 0.25) is 0 Å². The molecule has 0 bridgehead atoms. The van der Waals surface area contributed by atoms with Gasteiger partial charge in [-0.05, 0) is 42.8 Å². The van der Waals surface area contributed by atoms with Crippen molar-refractivity contribution < 1.29 is 0 Å². The predicted octanol–water partition coefficient (Wildman–Crippen LogP) is 3.45. The number of fused-ring (bicyclic) bond motifs is 2. The average Bonchev–Trinajstić information content (AvgIpc) is 2.80. The van der Waals surface area contributed by atoms with E-state index in [0.29, 0.717) is 39.7 Å². The lowest BCUT2D eigenvalue weighted by molar-refractivity contribution is 0.656. The molecule has 0 aliphatic heterocycles.